The molecule has 0 atom stereocenters. The van der Waals surface area contributed by atoms with Crippen molar-refractivity contribution in [1.82, 2.24) is 0 Å². The van der Waals surface area contributed by atoms with Crippen LogP contribution < -0.4 is 15.8 Å². The summed E-state index contributed by atoms with van der Waals surface area (Å²) < 4.78 is 5.85. The largest absolute Gasteiger partial charge is 0.493 e. The van der Waals surface area contributed by atoms with Gasteiger partial charge in [-0.15, -0.1) is 0 Å². The lowest BCUT2D eigenvalue weighted by atomic mass is 9.90. The fraction of sp³-hybridized carbons (Fsp3) is 0.588. The number of ether oxygens (including phenoxy) is 1. The summed E-state index contributed by atoms with van der Waals surface area (Å²) in [5.41, 5.74) is 6.01. The number of hydrogen-bond acceptors (Lipinski definition) is 3. The third-order valence-electron chi connectivity index (χ3n) is 4.56. The Morgan fingerprint density at radius 2 is 1.86 bits per heavy atom. The molecular weight excluding hydrogens is 264 g/mol. The van der Waals surface area contributed by atoms with Gasteiger partial charge in [-0.2, -0.15) is 0 Å². The molecule has 4 nitrogen and oxygen atoms in total. The standard InChI is InChI=1S/C17H24N2O2/c18-17(10-11-17)16(20)19-14-6-8-15(9-7-14)21-12-13-4-2-1-3-5-13/h6-9,13H,1-5,10-12,18H2,(H,19,20). The molecule has 1 aromatic carbocycles. The van der Waals surface area contributed by atoms with E-state index < -0.39 is 5.54 Å². The highest BCUT2D eigenvalue weighted by molar-refractivity contribution is 6.00. The van der Waals surface area contributed by atoms with Crippen LogP contribution in [0, 0.1) is 5.92 Å². The van der Waals surface area contributed by atoms with Gasteiger partial charge in [-0.3, -0.25) is 4.79 Å². The van der Waals surface area contributed by atoms with Crippen LogP contribution >= 0.6 is 0 Å². The number of hydrogen-bond donors (Lipinski definition) is 2. The van der Waals surface area contributed by atoms with Gasteiger partial charge in [0.25, 0.3) is 0 Å². The highest BCUT2D eigenvalue weighted by Crippen LogP contribution is 2.33. The Labute approximate surface area is 126 Å². The summed E-state index contributed by atoms with van der Waals surface area (Å²) >= 11 is 0. The van der Waals surface area contributed by atoms with Crippen LogP contribution in [0.25, 0.3) is 0 Å². The molecule has 2 aliphatic rings. The third kappa shape index (κ3) is 3.76. The van der Waals surface area contributed by atoms with E-state index in [1.54, 1.807) is 0 Å². The first-order valence-corrected chi connectivity index (χ1v) is 7.99. The number of nitrogens with two attached hydrogens (primary N) is 1. The van der Waals surface area contributed by atoms with E-state index in [0.717, 1.165) is 30.9 Å². The zero-order valence-electron chi connectivity index (χ0n) is 12.4. The van der Waals surface area contributed by atoms with Crippen LogP contribution in [0.5, 0.6) is 5.75 Å². The van der Waals surface area contributed by atoms with Gasteiger partial charge in [0.1, 0.15) is 5.75 Å². The maximum atomic E-state index is 11.8. The van der Waals surface area contributed by atoms with Crippen molar-refractivity contribution < 1.29 is 9.53 Å². The first kappa shape index (κ1) is 14.4. The van der Waals surface area contributed by atoms with Gasteiger partial charge in [0.2, 0.25) is 5.91 Å². The second-order valence-electron chi connectivity index (χ2n) is 6.45. The van der Waals surface area contributed by atoms with Gasteiger partial charge >= 0.3 is 0 Å². The Kier molecular flexibility index (Phi) is 4.15. The molecule has 2 fully saturated rings. The molecule has 21 heavy (non-hydrogen) atoms. The quantitative estimate of drug-likeness (QED) is 0.875. The van der Waals surface area contributed by atoms with Gasteiger partial charge in [-0.1, -0.05) is 19.3 Å². The molecule has 0 unspecified atom stereocenters. The molecule has 2 saturated carbocycles. The average Bonchev–Trinajstić information content (AvgIpc) is 3.27. The predicted octanol–water partition coefficient (Wildman–Crippen LogP) is 3.08. The Bertz CT molecular complexity index is 488. The van der Waals surface area contributed by atoms with Crippen LogP contribution in [-0.2, 0) is 4.79 Å². The number of benzene rings is 1. The van der Waals surface area contributed by atoms with Crippen molar-refractivity contribution >= 4 is 11.6 Å². The lowest BCUT2D eigenvalue weighted by molar-refractivity contribution is -0.118. The van der Waals surface area contributed by atoms with E-state index in [0.29, 0.717) is 5.92 Å². The van der Waals surface area contributed by atoms with E-state index in [1.807, 2.05) is 24.3 Å². The summed E-state index contributed by atoms with van der Waals surface area (Å²) in [6.07, 6.45) is 8.16. The van der Waals surface area contributed by atoms with Crippen molar-refractivity contribution in [2.45, 2.75) is 50.5 Å². The first-order chi connectivity index (χ1) is 10.2. The topological polar surface area (TPSA) is 64.4 Å². The highest BCUT2D eigenvalue weighted by Gasteiger charge is 2.45. The minimum Gasteiger partial charge on any atom is -0.493 e. The molecule has 0 aromatic heterocycles. The van der Waals surface area contributed by atoms with Crippen LogP contribution in [0.1, 0.15) is 44.9 Å². The monoisotopic (exact) mass is 288 g/mol. The van der Waals surface area contributed by atoms with Gasteiger partial charge in [-0.25, -0.2) is 0 Å². The molecule has 0 radical (unpaired) electrons. The molecule has 0 spiro atoms. The molecule has 0 saturated heterocycles. The third-order valence-corrected chi connectivity index (χ3v) is 4.56. The minimum absolute atomic E-state index is 0.0848. The number of rotatable bonds is 5. The molecular formula is C17H24N2O2. The zero-order valence-corrected chi connectivity index (χ0v) is 12.4. The van der Waals surface area contributed by atoms with E-state index in [2.05, 4.69) is 5.32 Å². The number of amides is 1. The maximum Gasteiger partial charge on any atom is 0.244 e. The lowest BCUT2D eigenvalue weighted by Crippen LogP contribution is -2.37. The fourth-order valence-electron chi connectivity index (χ4n) is 2.82. The molecule has 1 aromatic rings. The molecule has 1 amide bonds. The summed E-state index contributed by atoms with van der Waals surface area (Å²) in [5, 5.41) is 2.86. The van der Waals surface area contributed by atoms with Crippen LogP contribution in [0.3, 0.4) is 0 Å². The summed E-state index contributed by atoms with van der Waals surface area (Å²) in [6, 6.07) is 7.57. The van der Waals surface area contributed by atoms with Gasteiger partial charge in [0, 0.05) is 5.69 Å². The Balaban J connectivity index is 1.48. The minimum atomic E-state index is -0.629. The molecule has 3 N–H and O–H groups in total. The number of carbonyl (C=O) groups excluding carboxylic acids is 1. The van der Waals surface area contributed by atoms with Gasteiger partial charge in [0.15, 0.2) is 0 Å². The van der Waals surface area contributed by atoms with Crippen LogP contribution in [0.2, 0.25) is 0 Å². The molecule has 0 aliphatic heterocycles. The van der Waals surface area contributed by atoms with E-state index in [1.165, 1.54) is 32.1 Å². The zero-order chi connectivity index (χ0) is 14.7. The second-order valence-corrected chi connectivity index (χ2v) is 6.45. The van der Waals surface area contributed by atoms with E-state index in [-0.39, 0.29) is 5.91 Å². The SMILES string of the molecule is NC1(C(=O)Nc2ccc(OCC3CCCCC3)cc2)CC1. The summed E-state index contributed by atoms with van der Waals surface area (Å²) in [4.78, 5) is 11.8. The average molecular weight is 288 g/mol. The Hall–Kier alpha value is -1.55. The van der Waals surface area contributed by atoms with Crippen molar-refractivity contribution in [3.05, 3.63) is 24.3 Å². The molecule has 3 rings (SSSR count). The van der Waals surface area contributed by atoms with Crippen molar-refractivity contribution in [2.75, 3.05) is 11.9 Å². The van der Waals surface area contributed by atoms with Crippen LogP contribution in [0.15, 0.2) is 24.3 Å². The van der Waals surface area contributed by atoms with E-state index >= 15 is 0 Å². The maximum absolute atomic E-state index is 11.8. The van der Waals surface area contributed by atoms with E-state index in [9.17, 15) is 4.79 Å². The molecule has 0 heterocycles. The summed E-state index contributed by atoms with van der Waals surface area (Å²) in [7, 11) is 0. The normalized spacial score (nSPS) is 20.8. The fourth-order valence-corrected chi connectivity index (χ4v) is 2.82. The van der Waals surface area contributed by atoms with Crippen molar-refractivity contribution in [3.63, 3.8) is 0 Å². The van der Waals surface area contributed by atoms with E-state index in [4.69, 9.17) is 10.5 Å². The smallest absolute Gasteiger partial charge is 0.244 e. The Morgan fingerprint density at radius 1 is 1.19 bits per heavy atom. The van der Waals surface area contributed by atoms with Crippen LogP contribution in [0.4, 0.5) is 5.69 Å². The van der Waals surface area contributed by atoms with Gasteiger partial charge in [-0.05, 0) is 55.9 Å². The second kappa shape index (κ2) is 6.06. The molecule has 114 valence electrons. The Morgan fingerprint density at radius 3 is 2.48 bits per heavy atom. The summed E-state index contributed by atoms with van der Waals surface area (Å²) in [5.74, 6) is 1.48. The molecule has 4 heteroatoms. The number of carbonyl (C=O) groups is 1. The van der Waals surface area contributed by atoms with Crippen LogP contribution in [-0.4, -0.2) is 18.1 Å². The van der Waals surface area contributed by atoms with Gasteiger partial charge in [0.05, 0.1) is 12.1 Å². The lowest BCUT2D eigenvalue weighted by Gasteiger charge is -2.21. The van der Waals surface area contributed by atoms with Crippen molar-refractivity contribution in [1.29, 1.82) is 0 Å². The van der Waals surface area contributed by atoms with Gasteiger partial charge < -0.3 is 15.8 Å². The van der Waals surface area contributed by atoms with Crippen molar-refractivity contribution in [2.24, 2.45) is 11.7 Å². The highest BCUT2D eigenvalue weighted by atomic mass is 16.5. The van der Waals surface area contributed by atoms with Crippen molar-refractivity contribution in [3.8, 4) is 5.75 Å². The number of anilines is 1. The number of nitrogens with one attached hydrogen (secondary N) is 1. The molecule has 0 bridgehead atoms. The first-order valence-electron chi connectivity index (χ1n) is 7.99. The summed E-state index contributed by atoms with van der Waals surface area (Å²) in [6.45, 7) is 0.803. The molecule has 2 aliphatic carbocycles. The predicted molar refractivity (Wildman–Crippen MR) is 83.3 cm³/mol.